The second kappa shape index (κ2) is 39.2. The predicted octanol–water partition coefficient (Wildman–Crippen LogP) is 41.3. The molecule has 6 heteroatoms. The van der Waals surface area contributed by atoms with Crippen LogP contribution in [-0.4, -0.2) is 0 Å². The van der Waals surface area contributed by atoms with Gasteiger partial charge in [-0.15, -0.1) is 11.3 Å². The van der Waals surface area contributed by atoms with Crippen LogP contribution in [0.1, 0.15) is 0 Å². The molecule has 0 fully saturated rings. The van der Waals surface area contributed by atoms with Crippen LogP contribution in [0, 0.1) is 0 Å². The topological polar surface area (TPSA) is 36.0 Å². The minimum Gasteiger partial charge on any atom is -0.456 e. The van der Waals surface area contributed by atoms with Gasteiger partial charge in [0.1, 0.15) is 22.3 Å². The standard InChI is InChI=1S/C50H33NO.C46H31NO.C46H31NS/c1-2-10-35(11-3-1)45-18-9-14-37-20-21-39(32-48(37)45)34-22-26-40(27-23-34)51(42-30-31-47-46-16-6-7-19-49(46)52-50(47)33-42)41-28-24-38(25-29-41)44-17-8-13-36-12-4-5-15-43(36)44;2*1-3-10-32(11-4-1)33-20-24-38(25-21-33)47(40-28-29-43-42-15-7-8-17-45(42)48-46(43)31-40)39-26-22-34(23-27-39)37-19-18-36-14-9-16-41(44(36)30-37)35-12-5-2-6-13-35/h1-33H;2*1-31H. The van der Waals surface area contributed by atoms with Gasteiger partial charge in [0, 0.05) is 105 Å². The summed E-state index contributed by atoms with van der Waals surface area (Å²) in [4.78, 5) is 6.99. The molecule has 3 aromatic heterocycles. The van der Waals surface area contributed by atoms with E-state index in [1.807, 2.05) is 35.6 Å². The van der Waals surface area contributed by atoms with Gasteiger partial charge in [0.25, 0.3) is 0 Å². The lowest BCUT2D eigenvalue weighted by atomic mass is 9.95. The first-order valence-corrected chi connectivity index (χ1v) is 51.2. The summed E-state index contributed by atoms with van der Waals surface area (Å²) in [5.41, 5.74) is 35.2. The Labute approximate surface area is 863 Å². The Morgan fingerprint density at radius 2 is 0.351 bits per heavy atom. The highest BCUT2D eigenvalue weighted by Crippen LogP contribution is 2.48. The lowest BCUT2D eigenvalue weighted by Gasteiger charge is -2.26. The van der Waals surface area contributed by atoms with Gasteiger partial charge in [-0.25, -0.2) is 0 Å². The number of rotatable bonds is 18. The molecule has 0 spiro atoms. The summed E-state index contributed by atoms with van der Waals surface area (Å²) in [7, 11) is 0. The average molecular weight is 1910 g/mol. The Bertz CT molecular complexity index is 9370. The zero-order valence-corrected chi connectivity index (χ0v) is 81.7. The van der Waals surface area contributed by atoms with Crippen LogP contribution in [0.4, 0.5) is 51.2 Å². The summed E-state index contributed by atoms with van der Waals surface area (Å²) in [5, 5.41) is 17.1. The van der Waals surface area contributed by atoms with Crippen molar-refractivity contribution in [3.8, 4) is 100 Å². The van der Waals surface area contributed by atoms with E-state index in [4.69, 9.17) is 8.83 Å². The molecular formula is C142H95N3O2S. The van der Waals surface area contributed by atoms with Gasteiger partial charge in [0.15, 0.2) is 0 Å². The third-order valence-electron chi connectivity index (χ3n) is 28.8. The van der Waals surface area contributed by atoms with E-state index in [0.29, 0.717) is 0 Å². The van der Waals surface area contributed by atoms with Gasteiger partial charge in [-0.1, -0.05) is 419 Å². The SMILES string of the molecule is c1ccc(-c2ccc(N(c3ccc(-c4ccc5cccc(-c6ccccc6)c5c4)cc3)c3ccc4c(c3)oc3ccccc34)cc2)cc1.c1ccc(-c2ccc(N(c3ccc(-c4ccc5cccc(-c6ccccc6)c5c4)cc3)c3ccc4c(c3)sc3ccccc34)cc2)cc1.c1ccc(-c2cccc3ccc(-c4ccc(N(c5ccc(-c6cccc7ccccc67)cc5)c5ccc6c(c5)oc5ccccc56)cc4)cc23)cc1. The first-order valence-electron chi connectivity index (χ1n) is 50.4. The molecule has 28 rings (SSSR count). The molecule has 0 amide bonds. The van der Waals surface area contributed by atoms with E-state index in [2.05, 4.69) is 567 Å². The van der Waals surface area contributed by atoms with Crippen LogP contribution in [0.2, 0.25) is 0 Å². The molecule has 0 unspecified atom stereocenters. The van der Waals surface area contributed by atoms with Gasteiger partial charge in [0.2, 0.25) is 0 Å². The smallest absolute Gasteiger partial charge is 0.137 e. The number of para-hydroxylation sites is 2. The minimum atomic E-state index is 0.873. The lowest BCUT2D eigenvalue weighted by molar-refractivity contribution is 0.668. The van der Waals surface area contributed by atoms with E-state index in [1.165, 1.54) is 163 Å². The molecule has 0 radical (unpaired) electrons. The maximum atomic E-state index is 6.36. The second-order valence-electron chi connectivity index (χ2n) is 37.7. The average Bonchev–Trinajstić information content (AvgIpc) is 1.67. The van der Waals surface area contributed by atoms with E-state index in [9.17, 15) is 0 Å². The van der Waals surface area contributed by atoms with E-state index in [1.54, 1.807) is 0 Å². The number of thiophene rings is 1. The minimum absolute atomic E-state index is 0.873. The van der Waals surface area contributed by atoms with Gasteiger partial charge in [-0.2, -0.15) is 0 Å². The number of furan rings is 2. The van der Waals surface area contributed by atoms with Crippen LogP contribution < -0.4 is 14.7 Å². The van der Waals surface area contributed by atoms with Crippen molar-refractivity contribution in [2.24, 2.45) is 0 Å². The lowest BCUT2D eigenvalue weighted by Crippen LogP contribution is -2.09. The van der Waals surface area contributed by atoms with Crippen molar-refractivity contribution < 1.29 is 8.83 Å². The van der Waals surface area contributed by atoms with Gasteiger partial charge >= 0.3 is 0 Å². The molecule has 148 heavy (non-hydrogen) atoms. The molecule has 0 aliphatic heterocycles. The molecule has 0 N–H and O–H groups in total. The van der Waals surface area contributed by atoms with E-state index >= 15 is 0 Å². The Kier molecular flexibility index (Phi) is 23.6. The van der Waals surface area contributed by atoms with Gasteiger partial charge in [-0.05, 0) is 289 Å². The summed E-state index contributed by atoms with van der Waals surface area (Å²) >= 11 is 1.86. The third kappa shape index (κ3) is 17.5. The molecule has 5 nitrogen and oxygen atoms in total. The first-order chi connectivity index (χ1) is 73.3. The summed E-state index contributed by atoms with van der Waals surface area (Å²) in [5.74, 6) is 0. The molecule has 0 aliphatic carbocycles. The van der Waals surface area contributed by atoms with E-state index in [0.717, 1.165) is 95.1 Å². The fourth-order valence-corrected chi connectivity index (χ4v) is 22.5. The zero-order valence-electron chi connectivity index (χ0n) is 80.9. The molecule has 0 atom stereocenters. The van der Waals surface area contributed by atoms with Crippen molar-refractivity contribution in [2.45, 2.75) is 0 Å². The van der Waals surface area contributed by atoms with Crippen LogP contribution >= 0.6 is 11.3 Å². The highest BCUT2D eigenvalue weighted by molar-refractivity contribution is 7.25. The Hall–Kier alpha value is -19.2. The number of nitrogens with zero attached hydrogens (tertiary/aromatic N) is 3. The van der Waals surface area contributed by atoms with Crippen LogP contribution in [0.3, 0.4) is 0 Å². The highest BCUT2D eigenvalue weighted by Gasteiger charge is 2.23. The summed E-state index contributed by atoms with van der Waals surface area (Å²) < 4.78 is 15.3. The van der Waals surface area contributed by atoms with Gasteiger partial charge in [0.05, 0.1) is 0 Å². The number of hydrogen-bond donors (Lipinski definition) is 0. The third-order valence-corrected chi connectivity index (χ3v) is 30.0. The van der Waals surface area contributed by atoms with Crippen molar-refractivity contribution in [1.82, 2.24) is 0 Å². The van der Waals surface area contributed by atoms with E-state index < -0.39 is 0 Å². The number of benzene rings is 25. The van der Waals surface area contributed by atoms with Gasteiger partial charge < -0.3 is 23.5 Å². The second-order valence-corrected chi connectivity index (χ2v) is 38.8. The predicted molar refractivity (Wildman–Crippen MR) is 630 cm³/mol. The van der Waals surface area contributed by atoms with Crippen molar-refractivity contribution in [3.05, 3.63) is 576 Å². The number of hydrogen-bond acceptors (Lipinski definition) is 6. The normalized spacial score (nSPS) is 11.4. The maximum absolute atomic E-state index is 6.36. The first kappa shape index (κ1) is 88.9. The van der Waals surface area contributed by atoms with Crippen LogP contribution in [0.25, 0.3) is 207 Å². The molecule has 0 saturated heterocycles. The molecule has 28 aromatic rings. The van der Waals surface area contributed by atoms with Crippen LogP contribution in [-0.2, 0) is 0 Å². The fraction of sp³-hybridized carbons (Fsp3) is 0. The summed E-state index contributed by atoms with van der Waals surface area (Å²) in [6.07, 6.45) is 0. The van der Waals surface area contributed by atoms with Crippen molar-refractivity contribution in [1.29, 1.82) is 0 Å². The fourth-order valence-electron chi connectivity index (χ4n) is 21.4. The largest absolute Gasteiger partial charge is 0.456 e. The molecule has 0 bridgehead atoms. The summed E-state index contributed by atoms with van der Waals surface area (Å²) in [6.45, 7) is 0. The Morgan fingerprint density at radius 3 is 0.716 bits per heavy atom. The molecule has 0 saturated carbocycles. The molecule has 25 aromatic carbocycles. The highest BCUT2D eigenvalue weighted by atomic mass is 32.1. The maximum Gasteiger partial charge on any atom is 0.137 e. The quantitative estimate of drug-likeness (QED) is 0.0856. The van der Waals surface area contributed by atoms with Crippen molar-refractivity contribution in [3.63, 3.8) is 0 Å². The van der Waals surface area contributed by atoms with Crippen LogP contribution in [0.5, 0.6) is 0 Å². The van der Waals surface area contributed by atoms with E-state index in [-0.39, 0.29) is 0 Å². The van der Waals surface area contributed by atoms with Crippen LogP contribution in [0.15, 0.2) is 585 Å². The Morgan fingerprint density at radius 1 is 0.122 bits per heavy atom. The zero-order chi connectivity index (χ0) is 98.2. The molecule has 0 aliphatic rings. The summed E-state index contributed by atoms with van der Waals surface area (Å²) in [6, 6.07) is 207. The Balaban J connectivity index is 0.000000112. The molecule has 3 heterocycles. The van der Waals surface area contributed by atoms with Crippen molar-refractivity contribution in [2.75, 3.05) is 14.7 Å². The number of fused-ring (bicyclic) bond motifs is 13. The molecular weight excluding hydrogens is 1810 g/mol. The number of anilines is 9. The van der Waals surface area contributed by atoms with Crippen molar-refractivity contribution >= 4 is 170 Å². The van der Waals surface area contributed by atoms with Gasteiger partial charge in [-0.3, -0.25) is 0 Å². The molecule has 696 valence electrons. The monoisotopic (exact) mass is 1910 g/mol.